The molecule has 0 saturated carbocycles. The minimum atomic E-state index is -0.512. The second kappa shape index (κ2) is 5.32. The summed E-state index contributed by atoms with van der Waals surface area (Å²) in [5, 5.41) is 11.2. The first-order chi connectivity index (χ1) is 7.19. The van der Waals surface area contributed by atoms with Crippen molar-refractivity contribution in [3.05, 3.63) is 22.3 Å². The number of nitriles is 1. The summed E-state index contributed by atoms with van der Waals surface area (Å²) in [6.45, 7) is 0.121. The van der Waals surface area contributed by atoms with E-state index in [0.29, 0.717) is 10.3 Å². The zero-order chi connectivity index (χ0) is 11.3. The van der Waals surface area contributed by atoms with E-state index >= 15 is 0 Å². The second-order valence-electron chi connectivity index (χ2n) is 2.53. The number of aromatic nitrogens is 1. The number of nitrogens with zero attached hydrogens (tertiary/aromatic N) is 2. The van der Waals surface area contributed by atoms with Crippen LogP contribution in [0.5, 0.6) is 0 Å². The van der Waals surface area contributed by atoms with Crippen LogP contribution in [0.25, 0.3) is 0 Å². The Kier molecular flexibility index (Phi) is 4.06. The molecule has 0 bridgehead atoms. The maximum atomic E-state index is 11.2. The molecule has 0 saturated heterocycles. The number of methoxy groups -OCH3 is 1. The van der Waals surface area contributed by atoms with Crippen molar-refractivity contribution in [3.8, 4) is 6.07 Å². The number of nitrogens with one attached hydrogen (secondary N) is 1. The van der Waals surface area contributed by atoms with Gasteiger partial charge in [0.15, 0.2) is 5.69 Å². The monoisotopic (exact) mass is 269 g/mol. The smallest absolute Gasteiger partial charge is 0.356 e. The molecule has 0 fully saturated rings. The quantitative estimate of drug-likeness (QED) is 0.666. The van der Waals surface area contributed by atoms with Gasteiger partial charge >= 0.3 is 5.97 Å². The van der Waals surface area contributed by atoms with Gasteiger partial charge in [0.05, 0.1) is 17.7 Å². The van der Waals surface area contributed by atoms with Gasteiger partial charge < -0.3 is 10.1 Å². The SMILES string of the molecule is COC(=O)c1ccc(Br)c(NCC#N)n1. The zero-order valence-electron chi connectivity index (χ0n) is 7.95. The summed E-state index contributed by atoms with van der Waals surface area (Å²) in [6, 6.07) is 5.12. The van der Waals surface area contributed by atoms with Gasteiger partial charge in [0.25, 0.3) is 0 Å². The summed E-state index contributed by atoms with van der Waals surface area (Å²) in [6.07, 6.45) is 0. The Labute approximate surface area is 95.2 Å². The van der Waals surface area contributed by atoms with Crippen molar-refractivity contribution in [1.82, 2.24) is 4.98 Å². The van der Waals surface area contributed by atoms with Crippen LogP contribution in [0, 0.1) is 11.3 Å². The molecule has 1 aromatic heterocycles. The summed E-state index contributed by atoms with van der Waals surface area (Å²) in [5.74, 6) is -0.0676. The molecule has 5 nitrogen and oxygen atoms in total. The third-order valence-corrected chi connectivity index (χ3v) is 2.22. The molecule has 0 radical (unpaired) electrons. The van der Waals surface area contributed by atoms with E-state index in [1.165, 1.54) is 13.2 Å². The Morgan fingerprint density at radius 2 is 2.47 bits per heavy atom. The molecule has 0 aliphatic carbocycles. The summed E-state index contributed by atoms with van der Waals surface area (Å²) < 4.78 is 5.21. The van der Waals surface area contributed by atoms with Crippen LogP contribution >= 0.6 is 15.9 Å². The third-order valence-electron chi connectivity index (χ3n) is 1.58. The lowest BCUT2D eigenvalue weighted by Gasteiger charge is -2.05. The number of hydrogen-bond acceptors (Lipinski definition) is 5. The number of rotatable bonds is 3. The van der Waals surface area contributed by atoms with Crippen molar-refractivity contribution in [1.29, 1.82) is 5.26 Å². The van der Waals surface area contributed by atoms with Gasteiger partial charge in [-0.1, -0.05) is 0 Å². The Bertz CT molecular complexity index is 414. The van der Waals surface area contributed by atoms with Gasteiger partial charge in [-0.15, -0.1) is 0 Å². The third kappa shape index (κ3) is 2.92. The van der Waals surface area contributed by atoms with E-state index in [9.17, 15) is 4.79 Å². The molecule has 6 heteroatoms. The van der Waals surface area contributed by atoms with Crippen LogP contribution in [-0.4, -0.2) is 24.6 Å². The lowest BCUT2D eigenvalue weighted by molar-refractivity contribution is 0.0594. The van der Waals surface area contributed by atoms with Crippen LogP contribution in [-0.2, 0) is 4.74 Å². The molecule has 0 spiro atoms. The summed E-state index contributed by atoms with van der Waals surface area (Å²) in [4.78, 5) is 15.2. The first-order valence-electron chi connectivity index (χ1n) is 4.04. The van der Waals surface area contributed by atoms with Gasteiger partial charge in [0.2, 0.25) is 0 Å². The van der Waals surface area contributed by atoms with E-state index in [-0.39, 0.29) is 12.2 Å². The van der Waals surface area contributed by atoms with Crippen LogP contribution in [0.4, 0.5) is 5.82 Å². The Morgan fingerprint density at radius 3 is 3.07 bits per heavy atom. The highest BCUT2D eigenvalue weighted by atomic mass is 79.9. The second-order valence-corrected chi connectivity index (χ2v) is 3.38. The lowest BCUT2D eigenvalue weighted by atomic mass is 10.3. The molecule has 15 heavy (non-hydrogen) atoms. The number of carbonyl (C=O) groups excluding carboxylic acids is 1. The molecule has 1 heterocycles. The maximum Gasteiger partial charge on any atom is 0.356 e. The largest absolute Gasteiger partial charge is 0.464 e. The molecule has 0 aromatic carbocycles. The molecule has 0 amide bonds. The average Bonchev–Trinajstić information content (AvgIpc) is 2.27. The number of hydrogen-bond donors (Lipinski definition) is 1. The maximum absolute atomic E-state index is 11.2. The minimum absolute atomic E-state index is 0.121. The summed E-state index contributed by atoms with van der Waals surface area (Å²) in [5.41, 5.74) is 0.195. The van der Waals surface area contributed by atoms with E-state index < -0.39 is 5.97 Å². The van der Waals surface area contributed by atoms with E-state index in [4.69, 9.17) is 5.26 Å². The van der Waals surface area contributed by atoms with Gasteiger partial charge in [-0.25, -0.2) is 9.78 Å². The number of carbonyl (C=O) groups is 1. The summed E-state index contributed by atoms with van der Waals surface area (Å²) >= 11 is 3.25. The van der Waals surface area contributed by atoms with Crippen LogP contribution in [0.3, 0.4) is 0 Å². The highest BCUT2D eigenvalue weighted by molar-refractivity contribution is 9.10. The minimum Gasteiger partial charge on any atom is -0.464 e. The highest BCUT2D eigenvalue weighted by Crippen LogP contribution is 2.20. The normalized spacial score (nSPS) is 9.13. The number of halogens is 1. The van der Waals surface area contributed by atoms with Crippen LogP contribution < -0.4 is 5.32 Å². The molecule has 1 rings (SSSR count). The molecular weight excluding hydrogens is 262 g/mol. The fraction of sp³-hybridized carbons (Fsp3) is 0.222. The van der Waals surface area contributed by atoms with Gasteiger partial charge in [-0.05, 0) is 28.1 Å². The van der Waals surface area contributed by atoms with Crippen molar-refractivity contribution in [2.24, 2.45) is 0 Å². The standard InChI is InChI=1S/C9H8BrN3O2/c1-15-9(14)7-3-2-6(10)8(13-7)12-5-4-11/h2-3H,5H2,1H3,(H,12,13). The van der Waals surface area contributed by atoms with Crippen LogP contribution in [0.2, 0.25) is 0 Å². The van der Waals surface area contributed by atoms with Gasteiger partial charge in [0, 0.05) is 0 Å². The van der Waals surface area contributed by atoms with Crippen molar-refractivity contribution in [2.75, 3.05) is 19.0 Å². The van der Waals surface area contributed by atoms with Gasteiger partial charge in [0.1, 0.15) is 12.4 Å². The van der Waals surface area contributed by atoms with Crippen LogP contribution in [0.1, 0.15) is 10.5 Å². The molecule has 1 N–H and O–H groups in total. The van der Waals surface area contributed by atoms with Crippen molar-refractivity contribution >= 4 is 27.7 Å². The Balaban J connectivity index is 2.95. The number of esters is 1. The zero-order valence-corrected chi connectivity index (χ0v) is 9.54. The molecule has 1 aromatic rings. The van der Waals surface area contributed by atoms with E-state index in [2.05, 4.69) is 31.0 Å². The molecule has 0 atom stereocenters. The first-order valence-corrected chi connectivity index (χ1v) is 4.84. The van der Waals surface area contributed by atoms with Crippen molar-refractivity contribution in [3.63, 3.8) is 0 Å². The van der Waals surface area contributed by atoms with Crippen LogP contribution in [0.15, 0.2) is 16.6 Å². The fourth-order valence-corrected chi connectivity index (χ4v) is 1.27. The Morgan fingerprint density at radius 1 is 1.73 bits per heavy atom. The van der Waals surface area contributed by atoms with Crippen molar-refractivity contribution < 1.29 is 9.53 Å². The van der Waals surface area contributed by atoms with E-state index in [1.807, 2.05) is 6.07 Å². The highest BCUT2D eigenvalue weighted by Gasteiger charge is 2.09. The lowest BCUT2D eigenvalue weighted by Crippen LogP contribution is -2.08. The van der Waals surface area contributed by atoms with Gasteiger partial charge in [-0.3, -0.25) is 0 Å². The predicted octanol–water partition coefficient (Wildman–Crippen LogP) is 1.57. The first kappa shape index (κ1) is 11.5. The topological polar surface area (TPSA) is 75.0 Å². The predicted molar refractivity (Wildman–Crippen MR) is 57.4 cm³/mol. The Hall–Kier alpha value is -1.61. The fourth-order valence-electron chi connectivity index (χ4n) is 0.908. The van der Waals surface area contributed by atoms with E-state index in [1.54, 1.807) is 6.07 Å². The molecule has 0 aliphatic heterocycles. The molecule has 78 valence electrons. The molecule has 0 unspecified atom stereocenters. The van der Waals surface area contributed by atoms with Crippen molar-refractivity contribution in [2.45, 2.75) is 0 Å². The van der Waals surface area contributed by atoms with E-state index in [0.717, 1.165) is 0 Å². The summed E-state index contributed by atoms with van der Waals surface area (Å²) in [7, 11) is 1.29. The number of pyridine rings is 1. The molecule has 0 aliphatic rings. The number of anilines is 1. The van der Waals surface area contributed by atoms with Gasteiger partial charge in [-0.2, -0.15) is 5.26 Å². The number of ether oxygens (including phenoxy) is 1. The average molecular weight is 270 g/mol. The molecular formula is C9H8BrN3O2.